The number of hydrogen-bond acceptors (Lipinski definition) is 4. The van der Waals surface area contributed by atoms with E-state index < -0.39 is 0 Å². The van der Waals surface area contributed by atoms with Crippen LogP contribution in [-0.2, 0) is 13.7 Å². The Hall–Kier alpha value is -1.36. The molecule has 2 aromatic heterocycles. The molecule has 0 unspecified atom stereocenters. The Morgan fingerprint density at radius 2 is 2.24 bits per heavy atom. The molecule has 92 valence electrons. The lowest BCUT2D eigenvalue weighted by Crippen LogP contribution is -1.98. The van der Waals surface area contributed by atoms with Crippen LogP contribution in [-0.4, -0.2) is 14.8 Å². The van der Waals surface area contributed by atoms with E-state index in [9.17, 15) is 0 Å². The van der Waals surface area contributed by atoms with Crippen molar-refractivity contribution in [1.29, 1.82) is 0 Å². The van der Waals surface area contributed by atoms with Gasteiger partial charge >= 0.3 is 0 Å². The van der Waals surface area contributed by atoms with Gasteiger partial charge in [0.25, 0.3) is 0 Å². The number of aryl methyl sites for hydroxylation is 2. The van der Waals surface area contributed by atoms with Crippen LogP contribution in [0.25, 0.3) is 0 Å². The van der Waals surface area contributed by atoms with Crippen molar-refractivity contribution in [2.75, 3.05) is 0 Å². The number of thiazole rings is 1. The Kier molecular flexibility index (Phi) is 3.47. The lowest BCUT2D eigenvalue weighted by atomic mass is 10.2. The molecule has 0 aliphatic rings. The first kappa shape index (κ1) is 12.1. The summed E-state index contributed by atoms with van der Waals surface area (Å²) < 4.78 is 7.40. The van der Waals surface area contributed by atoms with Crippen molar-refractivity contribution in [3.05, 3.63) is 27.8 Å². The second kappa shape index (κ2) is 4.87. The molecule has 0 aliphatic heterocycles. The van der Waals surface area contributed by atoms with Gasteiger partial charge in [-0.25, -0.2) is 4.98 Å². The lowest BCUT2D eigenvalue weighted by Gasteiger charge is -1.99. The van der Waals surface area contributed by atoms with Crippen molar-refractivity contribution < 1.29 is 4.74 Å². The van der Waals surface area contributed by atoms with Crippen molar-refractivity contribution in [3.63, 3.8) is 0 Å². The zero-order chi connectivity index (χ0) is 12.4. The number of nitrogens with zero attached hydrogens (tertiary/aromatic N) is 3. The van der Waals surface area contributed by atoms with E-state index in [1.165, 1.54) is 0 Å². The van der Waals surface area contributed by atoms with Crippen molar-refractivity contribution in [3.8, 4) is 5.88 Å². The standard InChI is InChI=1S/C12H17N3OS/c1-8(2)12-13-10(7-17-12)6-16-11-5-9(3)15(4)14-11/h5,7-8H,6H2,1-4H3. The van der Waals surface area contributed by atoms with Gasteiger partial charge in [-0.3, -0.25) is 4.68 Å². The Balaban J connectivity index is 1.97. The smallest absolute Gasteiger partial charge is 0.233 e. The fourth-order valence-corrected chi connectivity index (χ4v) is 2.22. The maximum absolute atomic E-state index is 5.60. The van der Waals surface area contributed by atoms with E-state index in [4.69, 9.17) is 4.74 Å². The minimum absolute atomic E-state index is 0.478. The molecule has 0 fully saturated rings. The quantitative estimate of drug-likeness (QED) is 0.839. The third-order valence-corrected chi connectivity index (χ3v) is 3.72. The van der Waals surface area contributed by atoms with Crippen LogP contribution >= 0.6 is 11.3 Å². The average Bonchev–Trinajstić information content (AvgIpc) is 2.84. The summed E-state index contributed by atoms with van der Waals surface area (Å²) >= 11 is 1.68. The molecule has 2 heterocycles. The van der Waals surface area contributed by atoms with Crippen LogP contribution < -0.4 is 4.74 Å². The molecule has 0 saturated carbocycles. The first-order valence-corrected chi connectivity index (χ1v) is 6.52. The second-order valence-electron chi connectivity index (χ2n) is 4.37. The Bertz CT molecular complexity index is 482. The van der Waals surface area contributed by atoms with Gasteiger partial charge in [0.1, 0.15) is 6.61 Å². The number of hydrogen-bond donors (Lipinski definition) is 0. The van der Waals surface area contributed by atoms with Crippen LogP contribution in [0, 0.1) is 6.92 Å². The summed E-state index contributed by atoms with van der Waals surface area (Å²) in [5, 5.41) is 7.44. The molecule has 2 aromatic rings. The highest BCUT2D eigenvalue weighted by Gasteiger charge is 2.07. The monoisotopic (exact) mass is 251 g/mol. The van der Waals surface area contributed by atoms with Crippen molar-refractivity contribution in [2.45, 2.75) is 33.3 Å². The average molecular weight is 251 g/mol. The van der Waals surface area contributed by atoms with Crippen LogP contribution in [0.1, 0.15) is 36.2 Å². The molecule has 17 heavy (non-hydrogen) atoms. The normalized spacial score (nSPS) is 11.1. The highest BCUT2D eigenvalue weighted by Crippen LogP contribution is 2.20. The van der Waals surface area contributed by atoms with E-state index in [1.807, 2.05) is 25.4 Å². The van der Waals surface area contributed by atoms with Gasteiger partial charge in [0.15, 0.2) is 0 Å². The molecule has 2 rings (SSSR count). The number of aromatic nitrogens is 3. The van der Waals surface area contributed by atoms with Crippen LogP contribution in [0.4, 0.5) is 0 Å². The van der Waals surface area contributed by atoms with Crippen LogP contribution in [0.2, 0.25) is 0 Å². The molecule has 0 atom stereocenters. The minimum atomic E-state index is 0.478. The Morgan fingerprint density at radius 3 is 2.76 bits per heavy atom. The minimum Gasteiger partial charge on any atom is -0.470 e. The fourth-order valence-electron chi connectivity index (χ4n) is 1.40. The van der Waals surface area contributed by atoms with E-state index in [-0.39, 0.29) is 0 Å². The molecule has 5 heteroatoms. The van der Waals surface area contributed by atoms with Gasteiger partial charge in [-0.05, 0) is 6.92 Å². The third kappa shape index (κ3) is 2.85. The largest absolute Gasteiger partial charge is 0.470 e. The highest BCUT2D eigenvalue weighted by atomic mass is 32.1. The molecule has 0 bridgehead atoms. The van der Waals surface area contributed by atoms with Gasteiger partial charge in [-0.1, -0.05) is 13.8 Å². The van der Waals surface area contributed by atoms with Gasteiger partial charge < -0.3 is 4.74 Å². The first-order chi connectivity index (χ1) is 8.06. The summed E-state index contributed by atoms with van der Waals surface area (Å²) in [6.07, 6.45) is 0. The van der Waals surface area contributed by atoms with E-state index in [2.05, 4.69) is 23.9 Å². The van der Waals surface area contributed by atoms with Gasteiger partial charge in [0.05, 0.1) is 10.7 Å². The zero-order valence-corrected chi connectivity index (χ0v) is 11.4. The summed E-state index contributed by atoms with van der Waals surface area (Å²) in [6.45, 7) is 6.77. The maximum atomic E-state index is 5.60. The molecule has 0 N–H and O–H groups in total. The first-order valence-electron chi connectivity index (χ1n) is 5.64. The third-order valence-electron chi connectivity index (χ3n) is 2.52. The van der Waals surface area contributed by atoms with Gasteiger partial charge in [-0.2, -0.15) is 0 Å². The lowest BCUT2D eigenvalue weighted by molar-refractivity contribution is 0.286. The summed E-state index contributed by atoms with van der Waals surface area (Å²) in [5.74, 6) is 1.13. The van der Waals surface area contributed by atoms with Crippen LogP contribution in [0.15, 0.2) is 11.4 Å². The van der Waals surface area contributed by atoms with Crippen molar-refractivity contribution in [2.24, 2.45) is 7.05 Å². The molecule has 0 radical (unpaired) electrons. The van der Waals surface area contributed by atoms with Gasteiger partial charge in [-0.15, -0.1) is 16.4 Å². The van der Waals surface area contributed by atoms with Crippen molar-refractivity contribution >= 4 is 11.3 Å². The molecular formula is C12H17N3OS. The summed E-state index contributed by atoms with van der Waals surface area (Å²) in [6, 6.07) is 1.93. The maximum Gasteiger partial charge on any atom is 0.233 e. The molecule has 0 saturated heterocycles. The van der Waals surface area contributed by atoms with Gasteiger partial charge in [0, 0.05) is 30.1 Å². The van der Waals surface area contributed by atoms with Crippen LogP contribution in [0.3, 0.4) is 0 Å². The molecule has 0 aromatic carbocycles. The van der Waals surface area contributed by atoms with Gasteiger partial charge in [0.2, 0.25) is 5.88 Å². The van der Waals surface area contributed by atoms with Crippen LogP contribution in [0.5, 0.6) is 5.88 Å². The molecule has 0 amide bonds. The van der Waals surface area contributed by atoms with Crippen molar-refractivity contribution in [1.82, 2.24) is 14.8 Å². The SMILES string of the molecule is Cc1cc(OCc2csc(C(C)C)n2)nn1C. The fraction of sp³-hybridized carbons (Fsp3) is 0.500. The van der Waals surface area contributed by atoms with E-state index in [0.29, 0.717) is 18.4 Å². The van der Waals surface area contributed by atoms with E-state index in [1.54, 1.807) is 16.0 Å². The molecular weight excluding hydrogens is 234 g/mol. The molecule has 4 nitrogen and oxygen atoms in total. The molecule has 0 aliphatic carbocycles. The number of rotatable bonds is 4. The van der Waals surface area contributed by atoms with E-state index >= 15 is 0 Å². The zero-order valence-electron chi connectivity index (χ0n) is 10.6. The predicted molar refractivity (Wildman–Crippen MR) is 68.5 cm³/mol. The summed E-state index contributed by atoms with van der Waals surface area (Å²) in [5.41, 5.74) is 2.06. The Morgan fingerprint density at radius 1 is 1.47 bits per heavy atom. The van der Waals surface area contributed by atoms with E-state index in [0.717, 1.165) is 16.4 Å². The highest BCUT2D eigenvalue weighted by molar-refractivity contribution is 7.09. The number of ether oxygens (including phenoxy) is 1. The Labute approximate surface area is 105 Å². The topological polar surface area (TPSA) is 39.9 Å². The predicted octanol–water partition coefficient (Wildman–Crippen LogP) is 2.89. The summed E-state index contributed by atoms with van der Waals surface area (Å²) in [7, 11) is 1.90. The summed E-state index contributed by atoms with van der Waals surface area (Å²) in [4.78, 5) is 4.51. The molecule has 0 spiro atoms. The second-order valence-corrected chi connectivity index (χ2v) is 5.26.